The fraction of sp³-hybridized carbons (Fsp3) is 0.267. The maximum atomic E-state index is 5.41. The summed E-state index contributed by atoms with van der Waals surface area (Å²) in [6, 6.07) is 7.59. The van der Waals surface area contributed by atoms with Crippen LogP contribution in [0.5, 0.6) is 11.6 Å². The van der Waals surface area contributed by atoms with Gasteiger partial charge < -0.3 is 19.8 Å². The van der Waals surface area contributed by atoms with Crippen molar-refractivity contribution in [2.24, 2.45) is 0 Å². The van der Waals surface area contributed by atoms with Crippen LogP contribution in [-0.4, -0.2) is 33.7 Å². The molecule has 0 aliphatic rings. The van der Waals surface area contributed by atoms with Crippen LogP contribution in [0, 0.1) is 6.92 Å². The molecule has 3 aromatic rings. The lowest BCUT2D eigenvalue weighted by Crippen LogP contribution is -2.00. The van der Waals surface area contributed by atoms with Gasteiger partial charge in [-0.25, -0.2) is 4.98 Å². The molecule has 0 aliphatic carbocycles. The Balaban J connectivity index is 1.89. The molecule has 0 aliphatic heterocycles. The van der Waals surface area contributed by atoms with Gasteiger partial charge in [-0.1, -0.05) is 0 Å². The number of methoxy groups -OCH3 is 1. The molecule has 114 valence electrons. The molecule has 0 saturated carbocycles. The van der Waals surface area contributed by atoms with E-state index >= 15 is 0 Å². The van der Waals surface area contributed by atoms with Crippen LogP contribution in [0.4, 0.5) is 11.6 Å². The third-order valence-electron chi connectivity index (χ3n) is 3.05. The van der Waals surface area contributed by atoms with E-state index in [1.165, 1.54) is 0 Å². The normalized spacial score (nSPS) is 10.7. The number of H-pyrrole nitrogens is 1. The van der Waals surface area contributed by atoms with Crippen molar-refractivity contribution < 1.29 is 9.47 Å². The van der Waals surface area contributed by atoms with Crippen LogP contribution in [0.1, 0.15) is 12.7 Å². The Morgan fingerprint density at radius 2 is 1.91 bits per heavy atom. The zero-order valence-corrected chi connectivity index (χ0v) is 12.7. The van der Waals surface area contributed by atoms with Crippen LogP contribution >= 0.6 is 0 Å². The molecule has 0 fully saturated rings. The molecule has 0 atom stereocenters. The molecular formula is C15H17N5O2. The van der Waals surface area contributed by atoms with Gasteiger partial charge >= 0.3 is 0 Å². The highest BCUT2D eigenvalue weighted by atomic mass is 16.5. The number of nitrogens with zero attached hydrogens (tertiary/aromatic N) is 3. The summed E-state index contributed by atoms with van der Waals surface area (Å²) in [6.07, 6.45) is 0. The Labute approximate surface area is 127 Å². The van der Waals surface area contributed by atoms with E-state index in [0.717, 1.165) is 17.3 Å². The lowest BCUT2D eigenvalue weighted by molar-refractivity contribution is 0.340. The lowest BCUT2D eigenvalue weighted by Gasteiger charge is -2.08. The van der Waals surface area contributed by atoms with Crippen molar-refractivity contribution in [2.45, 2.75) is 13.8 Å². The number of aromatic amines is 1. The van der Waals surface area contributed by atoms with Gasteiger partial charge in [0.2, 0.25) is 11.8 Å². The summed E-state index contributed by atoms with van der Waals surface area (Å²) in [4.78, 5) is 16.1. The first-order chi connectivity index (χ1) is 10.7. The third kappa shape index (κ3) is 2.78. The van der Waals surface area contributed by atoms with E-state index in [9.17, 15) is 0 Å². The van der Waals surface area contributed by atoms with E-state index in [0.29, 0.717) is 29.6 Å². The second-order valence-electron chi connectivity index (χ2n) is 4.66. The average Bonchev–Trinajstić information content (AvgIpc) is 2.89. The van der Waals surface area contributed by atoms with Crippen LogP contribution in [-0.2, 0) is 0 Å². The number of aryl methyl sites for hydroxylation is 1. The molecule has 0 radical (unpaired) electrons. The SMILES string of the molecule is CCOc1ccc(Nc2nc(OC)c3[nH]c(C)nc3n2)cc1. The molecule has 22 heavy (non-hydrogen) atoms. The minimum Gasteiger partial charge on any atom is -0.494 e. The summed E-state index contributed by atoms with van der Waals surface area (Å²) >= 11 is 0. The summed E-state index contributed by atoms with van der Waals surface area (Å²) in [6.45, 7) is 4.45. The van der Waals surface area contributed by atoms with Crippen LogP contribution in [0.15, 0.2) is 24.3 Å². The van der Waals surface area contributed by atoms with Gasteiger partial charge in [-0.2, -0.15) is 9.97 Å². The number of benzene rings is 1. The van der Waals surface area contributed by atoms with Crippen LogP contribution in [0.25, 0.3) is 11.2 Å². The van der Waals surface area contributed by atoms with E-state index in [1.54, 1.807) is 7.11 Å². The molecule has 0 saturated heterocycles. The summed E-state index contributed by atoms with van der Waals surface area (Å²) in [5.41, 5.74) is 2.12. The fourth-order valence-electron chi connectivity index (χ4n) is 2.12. The highest BCUT2D eigenvalue weighted by Gasteiger charge is 2.12. The smallest absolute Gasteiger partial charge is 0.244 e. The monoisotopic (exact) mass is 299 g/mol. The number of rotatable bonds is 5. The van der Waals surface area contributed by atoms with Crippen LogP contribution in [0.2, 0.25) is 0 Å². The minimum atomic E-state index is 0.431. The van der Waals surface area contributed by atoms with Gasteiger partial charge in [0, 0.05) is 5.69 Å². The molecule has 0 unspecified atom stereocenters. The first-order valence-corrected chi connectivity index (χ1v) is 6.98. The quantitative estimate of drug-likeness (QED) is 0.753. The number of anilines is 2. The molecule has 7 heteroatoms. The van der Waals surface area contributed by atoms with Gasteiger partial charge in [-0.3, -0.25) is 0 Å². The Morgan fingerprint density at radius 3 is 2.59 bits per heavy atom. The molecular weight excluding hydrogens is 282 g/mol. The van der Waals surface area contributed by atoms with Gasteiger partial charge in [0.05, 0.1) is 13.7 Å². The summed E-state index contributed by atoms with van der Waals surface area (Å²) in [5.74, 6) is 2.48. The topological polar surface area (TPSA) is 85.0 Å². The average molecular weight is 299 g/mol. The number of imidazole rings is 1. The first-order valence-electron chi connectivity index (χ1n) is 6.98. The third-order valence-corrected chi connectivity index (χ3v) is 3.05. The van der Waals surface area contributed by atoms with Crippen molar-refractivity contribution in [1.82, 2.24) is 19.9 Å². The first kappa shape index (κ1) is 14.1. The maximum Gasteiger partial charge on any atom is 0.244 e. The molecule has 7 nitrogen and oxygen atoms in total. The maximum absolute atomic E-state index is 5.41. The van der Waals surface area contributed by atoms with E-state index in [-0.39, 0.29) is 0 Å². The van der Waals surface area contributed by atoms with Gasteiger partial charge in [0.15, 0.2) is 5.65 Å². The van der Waals surface area contributed by atoms with Crippen molar-refractivity contribution in [3.8, 4) is 11.6 Å². The highest BCUT2D eigenvalue weighted by Crippen LogP contribution is 2.24. The number of nitrogens with one attached hydrogen (secondary N) is 2. The summed E-state index contributed by atoms with van der Waals surface area (Å²) in [5, 5.41) is 3.14. The zero-order chi connectivity index (χ0) is 15.5. The Morgan fingerprint density at radius 1 is 1.14 bits per heavy atom. The molecule has 0 amide bonds. The molecule has 2 heterocycles. The summed E-state index contributed by atoms with van der Waals surface area (Å²) in [7, 11) is 1.57. The van der Waals surface area contributed by atoms with Gasteiger partial charge in [-0.15, -0.1) is 0 Å². The second-order valence-corrected chi connectivity index (χ2v) is 4.66. The molecule has 2 N–H and O–H groups in total. The lowest BCUT2D eigenvalue weighted by atomic mass is 10.3. The number of fused-ring (bicyclic) bond motifs is 1. The van der Waals surface area contributed by atoms with Crippen molar-refractivity contribution in [3.05, 3.63) is 30.1 Å². The second kappa shape index (κ2) is 5.88. The van der Waals surface area contributed by atoms with Crippen molar-refractivity contribution in [1.29, 1.82) is 0 Å². The predicted octanol–water partition coefficient (Wildman–Crippen LogP) is 2.81. The zero-order valence-electron chi connectivity index (χ0n) is 12.7. The van der Waals surface area contributed by atoms with E-state index in [4.69, 9.17) is 9.47 Å². The van der Waals surface area contributed by atoms with Gasteiger partial charge in [-0.05, 0) is 38.1 Å². The Hall–Kier alpha value is -2.83. The van der Waals surface area contributed by atoms with Gasteiger partial charge in [0.1, 0.15) is 17.1 Å². The molecule has 1 aromatic carbocycles. The van der Waals surface area contributed by atoms with Crippen LogP contribution in [0.3, 0.4) is 0 Å². The van der Waals surface area contributed by atoms with Crippen molar-refractivity contribution >= 4 is 22.8 Å². The standard InChI is InChI=1S/C15H17N5O2/c1-4-22-11-7-5-10(6-8-11)18-15-19-13-12(14(20-15)21-3)16-9(2)17-13/h5-8H,4H2,1-3H3,(H2,16,17,18,19,20). The highest BCUT2D eigenvalue weighted by molar-refractivity contribution is 5.78. The molecule has 3 rings (SSSR count). The Kier molecular flexibility index (Phi) is 3.78. The van der Waals surface area contributed by atoms with E-state index < -0.39 is 0 Å². The Bertz CT molecular complexity index is 782. The fourth-order valence-corrected chi connectivity index (χ4v) is 2.12. The van der Waals surface area contributed by atoms with E-state index in [1.807, 2.05) is 38.1 Å². The number of hydrogen-bond acceptors (Lipinski definition) is 6. The number of ether oxygens (including phenoxy) is 2. The predicted molar refractivity (Wildman–Crippen MR) is 83.9 cm³/mol. The molecule has 0 bridgehead atoms. The summed E-state index contributed by atoms with van der Waals surface area (Å²) < 4.78 is 10.7. The molecule has 2 aromatic heterocycles. The van der Waals surface area contributed by atoms with Crippen molar-refractivity contribution in [2.75, 3.05) is 19.0 Å². The van der Waals surface area contributed by atoms with Crippen LogP contribution < -0.4 is 14.8 Å². The molecule has 0 spiro atoms. The number of aromatic nitrogens is 4. The van der Waals surface area contributed by atoms with Crippen molar-refractivity contribution in [3.63, 3.8) is 0 Å². The van der Waals surface area contributed by atoms with Gasteiger partial charge in [0.25, 0.3) is 0 Å². The number of hydrogen-bond donors (Lipinski definition) is 2. The minimum absolute atomic E-state index is 0.431. The van der Waals surface area contributed by atoms with E-state index in [2.05, 4.69) is 25.3 Å². The largest absolute Gasteiger partial charge is 0.494 e.